The lowest BCUT2D eigenvalue weighted by molar-refractivity contribution is -0.137. The van der Waals surface area contributed by atoms with Gasteiger partial charge in [-0.3, -0.25) is 0 Å². The molecule has 1 heterocycles. The second kappa shape index (κ2) is 7.17. The second-order valence-electron chi connectivity index (χ2n) is 3.60. The number of alkyl halides is 3. The molecule has 0 aliphatic rings. The van der Waals surface area contributed by atoms with Crippen LogP contribution in [0, 0.1) is 0 Å². The van der Waals surface area contributed by atoms with Crippen LogP contribution in [0.25, 0.3) is 0 Å². The van der Waals surface area contributed by atoms with Crippen LogP contribution in [0.2, 0.25) is 0 Å². The average Bonchev–Trinajstić information content (AvgIpc) is 2.33. The first-order valence-electron chi connectivity index (χ1n) is 5.51. The lowest BCUT2D eigenvalue weighted by atomic mass is 10.3. The van der Waals surface area contributed by atoms with Crippen LogP contribution in [0.1, 0.15) is 5.56 Å². The number of aromatic nitrogens is 1. The van der Waals surface area contributed by atoms with Crippen molar-refractivity contribution in [2.45, 2.75) is 6.18 Å². The summed E-state index contributed by atoms with van der Waals surface area (Å²) in [6, 6.07) is 2.33. The molecule has 0 atom stereocenters. The number of rotatable bonds is 7. The number of halogens is 3. The van der Waals surface area contributed by atoms with E-state index < -0.39 is 11.7 Å². The van der Waals surface area contributed by atoms with Gasteiger partial charge in [-0.2, -0.15) is 13.2 Å². The minimum atomic E-state index is -4.34. The standard InChI is InChI=1S/C11H16F3N3O/c1-18-7-6-15-4-5-16-10-3-2-9(8-17-10)11(12,13)14/h2-3,8,15H,4-7H2,1H3,(H,16,17). The van der Waals surface area contributed by atoms with Crippen LogP contribution in [0.4, 0.5) is 19.0 Å². The summed E-state index contributed by atoms with van der Waals surface area (Å²) in [6.45, 7) is 2.63. The van der Waals surface area contributed by atoms with Crippen LogP contribution in [0.3, 0.4) is 0 Å². The molecule has 18 heavy (non-hydrogen) atoms. The number of anilines is 1. The Morgan fingerprint density at radius 1 is 1.22 bits per heavy atom. The van der Waals surface area contributed by atoms with E-state index in [2.05, 4.69) is 15.6 Å². The number of hydrogen-bond acceptors (Lipinski definition) is 4. The first kappa shape index (κ1) is 14.7. The smallest absolute Gasteiger partial charge is 0.383 e. The van der Waals surface area contributed by atoms with Gasteiger partial charge in [-0.25, -0.2) is 4.98 Å². The molecule has 0 aromatic carbocycles. The quantitative estimate of drug-likeness (QED) is 0.736. The van der Waals surface area contributed by atoms with Gasteiger partial charge in [-0.15, -0.1) is 0 Å². The third kappa shape index (κ3) is 5.33. The highest BCUT2D eigenvalue weighted by molar-refractivity contribution is 5.36. The minimum Gasteiger partial charge on any atom is -0.383 e. The van der Waals surface area contributed by atoms with Gasteiger partial charge in [-0.1, -0.05) is 0 Å². The van der Waals surface area contributed by atoms with E-state index in [9.17, 15) is 13.2 Å². The summed E-state index contributed by atoms with van der Waals surface area (Å²) in [5.41, 5.74) is -0.744. The van der Waals surface area contributed by atoms with Crippen LogP contribution in [0.5, 0.6) is 0 Å². The summed E-state index contributed by atoms with van der Waals surface area (Å²) in [6.07, 6.45) is -3.52. The fraction of sp³-hybridized carbons (Fsp3) is 0.545. The van der Waals surface area contributed by atoms with Gasteiger partial charge >= 0.3 is 6.18 Å². The molecule has 7 heteroatoms. The molecule has 0 amide bonds. The van der Waals surface area contributed by atoms with Crippen molar-refractivity contribution in [2.75, 3.05) is 38.7 Å². The summed E-state index contributed by atoms with van der Waals surface area (Å²) in [5, 5.41) is 6.02. The Kier molecular flexibility index (Phi) is 5.87. The van der Waals surface area contributed by atoms with Crippen molar-refractivity contribution in [3.8, 4) is 0 Å². The van der Waals surface area contributed by atoms with Crippen LogP contribution in [-0.4, -0.2) is 38.3 Å². The largest absolute Gasteiger partial charge is 0.417 e. The van der Waals surface area contributed by atoms with Gasteiger partial charge in [-0.05, 0) is 12.1 Å². The number of nitrogens with zero attached hydrogens (tertiary/aromatic N) is 1. The van der Waals surface area contributed by atoms with E-state index >= 15 is 0 Å². The maximum absolute atomic E-state index is 12.3. The molecule has 1 aromatic rings. The Labute approximate surface area is 104 Å². The Morgan fingerprint density at radius 2 is 2.00 bits per heavy atom. The van der Waals surface area contributed by atoms with Crippen molar-refractivity contribution in [1.82, 2.24) is 10.3 Å². The Bertz CT molecular complexity index is 340. The number of hydrogen-bond donors (Lipinski definition) is 2. The topological polar surface area (TPSA) is 46.2 Å². The Balaban J connectivity index is 2.27. The molecular formula is C11H16F3N3O. The number of ether oxygens (including phenoxy) is 1. The van der Waals surface area contributed by atoms with Gasteiger partial charge in [0.05, 0.1) is 12.2 Å². The highest BCUT2D eigenvalue weighted by atomic mass is 19.4. The normalized spacial score (nSPS) is 11.6. The van der Waals surface area contributed by atoms with Crippen molar-refractivity contribution < 1.29 is 17.9 Å². The van der Waals surface area contributed by atoms with Crippen LogP contribution >= 0.6 is 0 Å². The van der Waals surface area contributed by atoms with E-state index in [0.717, 1.165) is 18.8 Å². The van der Waals surface area contributed by atoms with Crippen molar-refractivity contribution >= 4 is 5.82 Å². The van der Waals surface area contributed by atoms with Gasteiger partial charge < -0.3 is 15.4 Å². The lowest BCUT2D eigenvalue weighted by Crippen LogP contribution is -2.25. The van der Waals surface area contributed by atoms with Crippen molar-refractivity contribution in [3.05, 3.63) is 23.9 Å². The zero-order valence-corrected chi connectivity index (χ0v) is 10.0. The molecule has 1 rings (SSSR count). The summed E-state index contributed by atoms with van der Waals surface area (Å²) in [7, 11) is 1.62. The van der Waals surface area contributed by atoms with Gasteiger partial charge in [0.1, 0.15) is 5.82 Å². The van der Waals surface area contributed by atoms with E-state index in [1.165, 1.54) is 6.07 Å². The van der Waals surface area contributed by atoms with Crippen LogP contribution < -0.4 is 10.6 Å². The minimum absolute atomic E-state index is 0.427. The predicted molar refractivity (Wildman–Crippen MR) is 62.5 cm³/mol. The third-order valence-corrected chi connectivity index (χ3v) is 2.18. The summed E-state index contributed by atoms with van der Waals surface area (Å²) in [4.78, 5) is 3.70. The molecule has 1 aromatic heterocycles. The van der Waals surface area contributed by atoms with Crippen LogP contribution in [0.15, 0.2) is 18.3 Å². The van der Waals surface area contributed by atoms with Crippen molar-refractivity contribution in [1.29, 1.82) is 0 Å². The molecule has 0 aliphatic carbocycles. The monoisotopic (exact) mass is 263 g/mol. The summed E-state index contributed by atoms with van der Waals surface area (Å²) in [5.74, 6) is 0.427. The van der Waals surface area contributed by atoms with Gasteiger partial charge in [0, 0.05) is 32.9 Å². The van der Waals surface area contributed by atoms with E-state index in [1.807, 2.05) is 0 Å². The Morgan fingerprint density at radius 3 is 2.56 bits per heavy atom. The predicted octanol–water partition coefficient (Wildman–Crippen LogP) is 1.75. The maximum atomic E-state index is 12.3. The molecule has 0 bridgehead atoms. The highest BCUT2D eigenvalue weighted by Crippen LogP contribution is 2.28. The molecule has 102 valence electrons. The average molecular weight is 263 g/mol. The molecule has 0 spiro atoms. The van der Waals surface area contributed by atoms with E-state index in [1.54, 1.807) is 7.11 Å². The maximum Gasteiger partial charge on any atom is 0.417 e. The highest BCUT2D eigenvalue weighted by Gasteiger charge is 2.30. The zero-order valence-electron chi connectivity index (χ0n) is 10.0. The first-order valence-corrected chi connectivity index (χ1v) is 5.51. The lowest BCUT2D eigenvalue weighted by Gasteiger charge is -2.09. The van der Waals surface area contributed by atoms with Crippen molar-refractivity contribution in [2.24, 2.45) is 0 Å². The molecule has 0 unspecified atom stereocenters. The number of nitrogens with one attached hydrogen (secondary N) is 2. The summed E-state index contributed by atoms with van der Waals surface area (Å²) >= 11 is 0. The van der Waals surface area contributed by atoms with Crippen LogP contribution in [-0.2, 0) is 10.9 Å². The second-order valence-corrected chi connectivity index (χ2v) is 3.60. The third-order valence-electron chi connectivity index (χ3n) is 2.18. The molecule has 0 fully saturated rings. The summed E-state index contributed by atoms with van der Waals surface area (Å²) < 4.78 is 41.6. The van der Waals surface area contributed by atoms with Gasteiger partial charge in [0.15, 0.2) is 0 Å². The van der Waals surface area contributed by atoms with Crippen molar-refractivity contribution in [3.63, 3.8) is 0 Å². The molecule has 2 N–H and O–H groups in total. The molecular weight excluding hydrogens is 247 g/mol. The molecule has 4 nitrogen and oxygen atoms in total. The number of methoxy groups -OCH3 is 1. The number of pyridine rings is 1. The molecule has 0 aliphatic heterocycles. The Hall–Kier alpha value is -1.34. The fourth-order valence-electron chi connectivity index (χ4n) is 1.24. The van der Waals surface area contributed by atoms with Gasteiger partial charge in [0.2, 0.25) is 0 Å². The van der Waals surface area contributed by atoms with E-state index in [4.69, 9.17) is 4.74 Å². The molecule has 0 radical (unpaired) electrons. The molecule has 0 saturated heterocycles. The van der Waals surface area contributed by atoms with E-state index in [0.29, 0.717) is 25.5 Å². The fourth-order valence-corrected chi connectivity index (χ4v) is 1.24. The SMILES string of the molecule is COCCNCCNc1ccc(C(F)(F)F)cn1. The molecule has 0 saturated carbocycles. The van der Waals surface area contributed by atoms with E-state index in [-0.39, 0.29) is 0 Å². The first-order chi connectivity index (χ1) is 8.54. The van der Waals surface area contributed by atoms with Gasteiger partial charge in [0.25, 0.3) is 0 Å². The zero-order chi connectivity index (χ0) is 13.4.